The smallest absolute Gasteiger partial charge is 0.311 e. The number of rotatable bonds is 3. The number of hydrogen-bond acceptors (Lipinski definition) is 3. The number of allylic oxidation sites excluding steroid dienone is 1. The Bertz CT molecular complexity index is 900. The van der Waals surface area contributed by atoms with Crippen molar-refractivity contribution >= 4 is 16.9 Å². The Morgan fingerprint density at radius 3 is 2.93 bits per heavy atom. The van der Waals surface area contributed by atoms with E-state index in [2.05, 4.69) is 42.4 Å². The molecule has 0 amide bonds. The number of H-pyrrole nitrogens is 1. The average molecular weight is 369 g/mol. The number of piperidine rings is 1. The number of aliphatic hydroxyl groups is 1. The first kappa shape index (κ1) is 18.3. The summed E-state index contributed by atoms with van der Waals surface area (Å²) in [5, 5.41) is 11.2. The number of methoxy groups -OCH3 is 1. The summed E-state index contributed by atoms with van der Waals surface area (Å²) in [6.45, 7) is 3.86. The van der Waals surface area contributed by atoms with E-state index >= 15 is 0 Å². The molecule has 1 unspecified atom stereocenters. The second kappa shape index (κ2) is 6.80. The highest BCUT2D eigenvalue weighted by Crippen LogP contribution is 2.48. The van der Waals surface area contributed by atoms with Crippen molar-refractivity contribution in [3.63, 3.8) is 0 Å². The SMILES string of the molecule is C/C=C1/C[N@+]2(C)CCc3c([nH]c4ccccc34)[C@@H]2C[C@@H]1C(CO)C(=O)OC. The summed E-state index contributed by atoms with van der Waals surface area (Å²) in [5.74, 6) is -0.795. The lowest BCUT2D eigenvalue weighted by Crippen LogP contribution is -2.57. The maximum atomic E-state index is 12.3. The van der Waals surface area contributed by atoms with E-state index in [-0.39, 0.29) is 18.5 Å². The van der Waals surface area contributed by atoms with E-state index < -0.39 is 5.92 Å². The van der Waals surface area contributed by atoms with Gasteiger partial charge in [-0.15, -0.1) is 0 Å². The van der Waals surface area contributed by atoms with Crippen LogP contribution in [0.15, 0.2) is 35.9 Å². The van der Waals surface area contributed by atoms with Crippen LogP contribution in [-0.2, 0) is 16.0 Å². The summed E-state index contributed by atoms with van der Waals surface area (Å²) in [7, 11) is 3.73. The van der Waals surface area contributed by atoms with Crippen molar-refractivity contribution in [2.75, 3.05) is 33.9 Å². The number of quaternary nitrogens is 1. The van der Waals surface area contributed by atoms with Gasteiger partial charge in [-0.3, -0.25) is 4.79 Å². The largest absolute Gasteiger partial charge is 0.469 e. The number of fused-ring (bicyclic) bond motifs is 5. The monoisotopic (exact) mass is 369 g/mol. The Balaban J connectivity index is 1.78. The molecule has 1 fully saturated rings. The lowest BCUT2D eigenvalue weighted by atomic mass is 9.74. The molecule has 0 aliphatic carbocycles. The summed E-state index contributed by atoms with van der Waals surface area (Å²) >= 11 is 0. The molecule has 144 valence electrons. The number of aromatic amines is 1. The van der Waals surface area contributed by atoms with Crippen LogP contribution in [0, 0.1) is 11.8 Å². The number of aliphatic hydroxyl groups excluding tert-OH is 1. The number of carbonyl (C=O) groups excluding carboxylic acids is 1. The molecule has 1 aromatic carbocycles. The lowest BCUT2D eigenvalue weighted by Gasteiger charge is -2.51. The quantitative estimate of drug-likeness (QED) is 0.497. The zero-order valence-electron chi connectivity index (χ0n) is 16.4. The van der Waals surface area contributed by atoms with Crippen LogP contribution >= 0.6 is 0 Å². The fourth-order valence-corrected chi connectivity index (χ4v) is 5.34. The zero-order chi connectivity index (χ0) is 19.2. The van der Waals surface area contributed by atoms with Crippen LogP contribution in [-0.4, -0.2) is 54.4 Å². The van der Waals surface area contributed by atoms with E-state index in [9.17, 15) is 9.90 Å². The summed E-state index contributed by atoms with van der Waals surface area (Å²) < 4.78 is 5.94. The molecule has 2 aliphatic rings. The molecule has 3 heterocycles. The first-order valence-electron chi connectivity index (χ1n) is 9.80. The second-order valence-electron chi connectivity index (χ2n) is 8.21. The van der Waals surface area contributed by atoms with Gasteiger partial charge in [0.15, 0.2) is 0 Å². The Hall–Kier alpha value is -2.11. The molecule has 0 spiro atoms. The lowest BCUT2D eigenvalue weighted by molar-refractivity contribution is -0.942. The van der Waals surface area contributed by atoms with Gasteiger partial charge in [-0.25, -0.2) is 0 Å². The molecular formula is C22H29N2O3+. The molecule has 2 aliphatic heterocycles. The standard InChI is InChI=1S/C22H29N2O3/c1-4-14-12-24(2)10-9-16-15-7-5-6-8-19(15)23-21(16)20(24)11-17(14)18(13-25)22(26)27-3/h4-8,17-18,20,23,25H,9-13H2,1-3H3/q+1/b14-4-/t17-,18?,20-,24-/m0/s1. The first-order chi connectivity index (χ1) is 13.0. The van der Waals surface area contributed by atoms with Crippen LogP contribution in [0.4, 0.5) is 0 Å². The Labute approximate surface area is 160 Å². The van der Waals surface area contributed by atoms with Crippen LogP contribution in [0.1, 0.15) is 30.6 Å². The van der Waals surface area contributed by atoms with Crippen LogP contribution < -0.4 is 0 Å². The number of para-hydroxylation sites is 1. The molecule has 0 saturated carbocycles. The Kier molecular flexibility index (Phi) is 4.60. The molecule has 5 nitrogen and oxygen atoms in total. The third-order valence-corrected chi connectivity index (χ3v) is 6.86. The van der Waals surface area contributed by atoms with Crippen LogP contribution in [0.25, 0.3) is 10.9 Å². The fourth-order valence-electron chi connectivity index (χ4n) is 5.34. The van der Waals surface area contributed by atoms with Crippen molar-refractivity contribution in [1.82, 2.24) is 4.98 Å². The minimum Gasteiger partial charge on any atom is -0.469 e. The highest BCUT2D eigenvalue weighted by atomic mass is 16.5. The van der Waals surface area contributed by atoms with Crippen molar-refractivity contribution in [3.05, 3.63) is 47.2 Å². The number of aromatic nitrogens is 1. The van der Waals surface area contributed by atoms with Crippen molar-refractivity contribution in [1.29, 1.82) is 0 Å². The highest BCUT2D eigenvalue weighted by Gasteiger charge is 2.49. The summed E-state index contributed by atoms with van der Waals surface area (Å²) in [6.07, 6.45) is 4.04. The van der Waals surface area contributed by atoms with Crippen molar-refractivity contribution in [3.8, 4) is 0 Å². The number of nitrogens with zero attached hydrogens (tertiary/aromatic N) is 1. The van der Waals surface area contributed by atoms with Gasteiger partial charge in [0.1, 0.15) is 12.6 Å². The summed E-state index contributed by atoms with van der Waals surface area (Å²) in [6, 6.07) is 8.80. The van der Waals surface area contributed by atoms with E-state index in [0.717, 1.165) is 30.4 Å². The fraction of sp³-hybridized carbons (Fsp3) is 0.500. The van der Waals surface area contributed by atoms with Gasteiger partial charge in [0.05, 0.1) is 38.9 Å². The number of benzene rings is 1. The van der Waals surface area contributed by atoms with E-state index in [1.54, 1.807) is 0 Å². The zero-order valence-corrected chi connectivity index (χ0v) is 16.4. The topological polar surface area (TPSA) is 62.3 Å². The molecule has 1 saturated heterocycles. The van der Waals surface area contributed by atoms with E-state index in [1.165, 1.54) is 34.8 Å². The minimum atomic E-state index is -0.496. The number of hydrogen-bond donors (Lipinski definition) is 2. The van der Waals surface area contributed by atoms with Crippen LogP contribution in [0.3, 0.4) is 0 Å². The predicted octanol–water partition coefficient (Wildman–Crippen LogP) is 2.96. The first-order valence-corrected chi connectivity index (χ1v) is 9.80. The van der Waals surface area contributed by atoms with Gasteiger partial charge in [-0.2, -0.15) is 0 Å². The molecular weight excluding hydrogens is 340 g/mol. The predicted molar refractivity (Wildman–Crippen MR) is 105 cm³/mol. The van der Waals surface area contributed by atoms with Crippen molar-refractivity contribution < 1.29 is 19.1 Å². The number of carbonyl (C=O) groups is 1. The number of likely N-dealkylation sites (N-methyl/N-ethyl adjacent to an activating group) is 1. The maximum Gasteiger partial charge on any atom is 0.311 e. The van der Waals surface area contributed by atoms with Crippen LogP contribution in [0.5, 0.6) is 0 Å². The van der Waals surface area contributed by atoms with Gasteiger partial charge in [0.25, 0.3) is 0 Å². The van der Waals surface area contributed by atoms with E-state index in [4.69, 9.17) is 4.74 Å². The highest BCUT2D eigenvalue weighted by molar-refractivity contribution is 5.85. The van der Waals surface area contributed by atoms with Gasteiger partial charge < -0.3 is 19.3 Å². The Morgan fingerprint density at radius 2 is 2.22 bits per heavy atom. The van der Waals surface area contributed by atoms with Gasteiger partial charge in [0.2, 0.25) is 0 Å². The molecule has 4 rings (SSSR count). The molecule has 2 N–H and O–H groups in total. The molecule has 0 bridgehead atoms. The van der Waals surface area contributed by atoms with E-state index in [1.807, 2.05) is 6.92 Å². The summed E-state index contributed by atoms with van der Waals surface area (Å²) in [4.78, 5) is 16.0. The van der Waals surface area contributed by atoms with Gasteiger partial charge in [0, 0.05) is 29.7 Å². The molecule has 2 aromatic rings. The third-order valence-electron chi connectivity index (χ3n) is 6.86. The van der Waals surface area contributed by atoms with E-state index in [0.29, 0.717) is 6.04 Å². The van der Waals surface area contributed by atoms with Gasteiger partial charge in [-0.1, -0.05) is 24.3 Å². The second-order valence-corrected chi connectivity index (χ2v) is 8.21. The Morgan fingerprint density at radius 1 is 1.44 bits per heavy atom. The van der Waals surface area contributed by atoms with Crippen molar-refractivity contribution in [2.45, 2.75) is 25.8 Å². The number of esters is 1. The third kappa shape index (κ3) is 2.80. The maximum absolute atomic E-state index is 12.3. The molecule has 27 heavy (non-hydrogen) atoms. The van der Waals surface area contributed by atoms with Crippen molar-refractivity contribution in [2.24, 2.45) is 11.8 Å². The minimum absolute atomic E-state index is 0.0148. The number of nitrogens with one attached hydrogen (secondary N) is 1. The molecule has 1 aromatic heterocycles. The molecule has 5 heteroatoms. The van der Waals surface area contributed by atoms with Gasteiger partial charge in [-0.05, 0) is 24.1 Å². The average Bonchev–Trinajstić information content (AvgIpc) is 3.06. The summed E-state index contributed by atoms with van der Waals surface area (Å²) in [5.41, 5.74) is 5.19. The normalized spacial score (nSPS) is 30.0. The molecule has 4 atom stereocenters. The molecule has 0 radical (unpaired) electrons. The van der Waals surface area contributed by atoms with Gasteiger partial charge >= 0.3 is 5.97 Å². The van der Waals surface area contributed by atoms with Crippen LogP contribution in [0.2, 0.25) is 0 Å². The number of ether oxygens (including phenoxy) is 1.